The van der Waals surface area contributed by atoms with E-state index in [1.807, 2.05) is 11.5 Å². The van der Waals surface area contributed by atoms with Crippen molar-refractivity contribution in [1.29, 1.82) is 0 Å². The maximum atomic E-state index is 13.5. The minimum Gasteiger partial charge on any atom is -0.376 e. The number of fused-ring (bicyclic) bond motifs is 1. The molecule has 1 aromatic heterocycles. The zero-order valence-corrected chi connectivity index (χ0v) is 12.5. The van der Waals surface area contributed by atoms with Gasteiger partial charge in [0.1, 0.15) is 11.6 Å². The number of hydrogen-bond donors (Lipinski definition) is 0. The number of methoxy groups -OCH3 is 1. The van der Waals surface area contributed by atoms with Crippen molar-refractivity contribution >= 4 is 22.6 Å². The van der Waals surface area contributed by atoms with Crippen LogP contribution in [0.25, 0.3) is 11.0 Å². The highest BCUT2D eigenvalue weighted by atomic mass is 35.5. The predicted molar refractivity (Wildman–Crippen MR) is 77.6 cm³/mol. The summed E-state index contributed by atoms with van der Waals surface area (Å²) >= 11 is 6.23. The Balaban J connectivity index is 2.10. The van der Waals surface area contributed by atoms with Crippen LogP contribution in [0.2, 0.25) is 0 Å². The van der Waals surface area contributed by atoms with Crippen molar-refractivity contribution in [1.82, 2.24) is 9.55 Å². The van der Waals surface area contributed by atoms with Crippen molar-refractivity contribution in [3.8, 4) is 0 Å². The summed E-state index contributed by atoms with van der Waals surface area (Å²) in [7, 11) is 1.74. The van der Waals surface area contributed by atoms with Crippen LogP contribution in [0.4, 0.5) is 4.39 Å². The maximum Gasteiger partial charge on any atom is 0.127 e. The quantitative estimate of drug-likeness (QED) is 0.796. The first-order chi connectivity index (χ1) is 9.54. The first kappa shape index (κ1) is 13.8. The minimum absolute atomic E-state index is 0.152. The molecule has 0 aliphatic heterocycles. The van der Waals surface area contributed by atoms with Crippen LogP contribution in [0, 0.1) is 5.82 Å². The van der Waals surface area contributed by atoms with Gasteiger partial charge in [-0.25, -0.2) is 9.37 Å². The summed E-state index contributed by atoms with van der Waals surface area (Å²) in [6.45, 7) is 2.56. The Labute approximate surface area is 122 Å². The van der Waals surface area contributed by atoms with E-state index in [9.17, 15) is 4.39 Å². The SMILES string of the molecule is COC1(Cn2c(C(C)Cl)nc3ccc(F)cc32)CCC1. The molecule has 1 atom stereocenters. The Morgan fingerprint density at radius 3 is 2.80 bits per heavy atom. The van der Waals surface area contributed by atoms with E-state index in [1.165, 1.54) is 18.6 Å². The monoisotopic (exact) mass is 296 g/mol. The fraction of sp³-hybridized carbons (Fsp3) is 0.533. The van der Waals surface area contributed by atoms with E-state index in [2.05, 4.69) is 4.98 Å². The minimum atomic E-state index is -0.257. The standard InChI is InChI=1S/C15H18ClFN2O/c1-10(16)14-18-12-5-4-11(17)8-13(12)19(14)9-15(20-2)6-3-7-15/h4-5,8,10H,3,6-7,9H2,1-2H3. The average molecular weight is 297 g/mol. The molecule has 1 aliphatic rings. The van der Waals surface area contributed by atoms with Crippen LogP contribution >= 0.6 is 11.6 Å². The zero-order valence-electron chi connectivity index (χ0n) is 11.7. The van der Waals surface area contributed by atoms with Crippen LogP contribution < -0.4 is 0 Å². The highest BCUT2D eigenvalue weighted by Gasteiger charge is 2.38. The summed E-state index contributed by atoms with van der Waals surface area (Å²) in [5, 5.41) is -0.223. The van der Waals surface area contributed by atoms with Gasteiger partial charge in [-0.15, -0.1) is 11.6 Å². The van der Waals surface area contributed by atoms with Crippen LogP contribution in [0.1, 0.15) is 37.4 Å². The Morgan fingerprint density at radius 2 is 2.25 bits per heavy atom. The van der Waals surface area contributed by atoms with Crippen molar-refractivity contribution < 1.29 is 9.13 Å². The molecule has 1 saturated carbocycles. The number of benzene rings is 1. The van der Waals surface area contributed by atoms with Gasteiger partial charge in [-0.1, -0.05) is 0 Å². The Morgan fingerprint density at radius 1 is 1.50 bits per heavy atom. The summed E-state index contributed by atoms with van der Waals surface area (Å²) in [6.07, 6.45) is 3.21. The molecule has 0 spiro atoms. The molecule has 1 aromatic carbocycles. The lowest BCUT2D eigenvalue weighted by Gasteiger charge is -2.41. The number of ether oxygens (including phenoxy) is 1. The first-order valence-corrected chi connectivity index (χ1v) is 7.33. The second-order valence-electron chi connectivity index (χ2n) is 5.55. The number of nitrogens with zero attached hydrogens (tertiary/aromatic N) is 2. The molecule has 1 fully saturated rings. The molecule has 2 aromatic rings. The molecule has 3 rings (SSSR count). The molecular weight excluding hydrogens is 279 g/mol. The van der Waals surface area contributed by atoms with Gasteiger partial charge in [0.25, 0.3) is 0 Å². The lowest BCUT2D eigenvalue weighted by atomic mass is 9.80. The maximum absolute atomic E-state index is 13.5. The van der Waals surface area contributed by atoms with Crippen LogP contribution in [0.3, 0.4) is 0 Å². The van der Waals surface area contributed by atoms with Gasteiger partial charge in [-0.3, -0.25) is 0 Å². The average Bonchev–Trinajstić information content (AvgIpc) is 2.72. The number of aromatic nitrogens is 2. The predicted octanol–water partition coefficient (Wildman–Crippen LogP) is 4.04. The summed E-state index contributed by atoms with van der Waals surface area (Å²) in [5.41, 5.74) is 1.41. The Hall–Kier alpha value is -1.13. The van der Waals surface area contributed by atoms with Gasteiger partial charge >= 0.3 is 0 Å². The van der Waals surface area contributed by atoms with E-state index < -0.39 is 0 Å². The molecule has 1 heterocycles. The number of imidazole rings is 1. The van der Waals surface area contributed by atoms with E-state index in [1.54, 1.807) is 13.2 Å². The zero-order chi connectivity index (χ0) is 14.3. The normalized spacial score (nSPS) is 19.0. The molecule has 20 heavy (non-hydrogen) atoms. The van der Waals surface area contributed by atoms with E-state index in [0.29, 0.717) is 6.54 Å². The third-order valence-electron chi connectivity index (χ3n) is 4.24. The molecule has 3 nitrogen and oxygen atoms in total. The molecule has 5 heteroatoms. The van der Waals surface area contributed by atoms with Crippen molar-refractivity contribution in [2.45, 2.75) is 43.7 Å². The number of alkyl halides is 1. The summed E-state index contributed by atoms with van der Waals surface area (Å²) in [4.78, 5) is 4.54. The fourth-order valence-electron chi connectivity index (χ4n) is 2.87. The number of rotatable bonds is 4. The molecule has 0 radical (unpaired) electrons. The third-order valence-corrected chi connectivity index (χ3v) is 4.43. The highest BCUT2D eigenvalue weighted by Crippen LogP contribution is 2.38. The van der Waals surface area contributed by atoms with Crippen LogP contribution in [-0.4, -0.2) is 22.3 Å². The van der Waals surface area contributed by atoms with Gasteiger partial charge < -0.3 is 9.30 Å². The van der Waals surface area contributed by atoms with Gasteiger partial charge in [0.05, 0.1) is 28.6 Å². The van der Waals surface area contributed by atoms with E-state index in [4.69, 9.17) is 16.3 Å². The second kappa shape index (κ2) is 5.01. The van der Waals surface area contributed by atoms with Crippen LogP contribution in [0.5, 0.6) is 0 Å². The summed E-state index contributed by atoms with van der Waals surface area (Å²) in [5.74, 6) is 0.517. The summed E-state index contributed by atoms with van der Waals surface area (Å²) in [6, 6.07) is 4.65. The molecule has 0 saturated heterocycles. The molecule has 0 bridgehead atoms. The molecular formula is C15H18ClFN2O. The van der Waals surface area contributed by atoms with Crippen LogP contribution in [0.15, 0.2) is 18.2 Å². The number of halogens is 2. The van der Waals surface area contributed by atoms with Gasteiger partial charge in [-0.2, -0.15) is 0 Å². The molecule has 108 valence electrons. The van der Waals surface area contributed by atoms with Crippen molar-refractivity contribution in [3.05, 3.63) is 29.8 Å². The van der Waals surface area contributed by atoms with E-state index in [-0.39, 0.29) is 16.8 Å². The van der Waals surface area contributed by atoms with Gasteiger partial charge in [-0.05, 0) is 44.4 Å². The molecule has 0 N–H and O–H groups in total. The molecule has 1 unspecified atom stereocenters. The lowest BCUT2D eigenvalue weighted by molar-refractivity contribution is -0.0832. The van der Waals surface area contributed by atoms with E-state index in [0.717, 1.165) is 29.7 Å². The van der Waals surface area contributed by atoms with Gasteiger partial charge in [0, 0.05) is 7.11 Å². The largest absolute Gasteiger partial charge is 0.376 e. The van der Waals surface area contributed by atoms with E-state index >= 15 is 0 Å². The smallest absolute Gasteiger partial charge is 0.127 e. The molecule has 1 aliphatic carbocycles. The van der Waals surface area contributed by atoms with Crippen molar-refractivity contribution in [3.63, 3.8) is 0 Å². The highest BCUT2D eigenvalue weighted by molar-refractivity contribution is 6.20. The number of hydrogen-bond acceptors (Lipinski definition) is 2. The lowest BCUT2D eigenvalue weighted by Crippen LogP contribution is -2.43. The first-order valence-electron chi connectivity index (χ1n) is 6.89. The van der Waals surface area contributed by atoms with Gasteiger partial charge in [0.15, 0.2) is 0 Å². The Bertz CT molecular complexity index is 629. The molecule has 0 amide bonds. The van der Waals surface area contributed by atoms with Gasteiger partial charge in [0.2, 0.25) is 0 Å². The topological polar surface area (TPSA) is 27.1 Å². The third kappa shape index (κ3) is 2.21. The second-order valence-corrected chi connectivity index (χ2v) is 6.20. The summed E-state index contributed by atoms with van der Waals surface area (Å²) < 4.78 is 21.2. The van der Waals surface area contributed by atoms with Crippen LogP contribution in [-0.2, 0) is 11.3 Å². The van der Waals surface area contributed by atoms with Crippen molar-refractivity contribution in [2.75, 3.05) is 7.11 Å². The van der Waals surface area contributed by atoms with Crippen molar-refractivity contribution in [2.24, 2.45) is 0 Å². The Kier molecular flexibility index (Phi) is 3.46. The fourth-order valence-corrected chi connectivity index (χ4v) is 3.04.